The molecule has 1 aromatic rings. The summed E-state index contributed by atoms with van der Waals surface area (Å²) >= 11 is 0. The quantitative estimate of drug-likeness (QED) is 0.821. The van der Waals surface area contributed by atoms with Gasteiger partial charge in [-0.15, -0.1) is 0 Å². The minimum Gasteiger partial charge on any atom is -0.345 e. The lowest BCUT2D eigenvalue weighted by Crippen LogP contribution is -2.19. The predicted molar refractivity (Wildman–Crippen MR) is 54.9 cm³/mol. The van der Waals surface area contributed by atoms with E-state index in [-0.39, 0.29) is 5.82 Å². The second-order valence-corrected chi connectivity index (χ2v) is 4.17. The molecule has 0 radical (unpaired) electrons. The summed E-state index contributed by atoms with van der Waals surface area (Å²) in [6, 6.07) is 0. The molecule has 6 heteroatoms. The van der Waals surface area contributed by atoms with Crippen LogP contribution in [0.4, 0.5) is 13.2 Å². The van der Waals surface area contributed by atoms with Gasteiger partial charge in [0.15, 0.2) is 0 Å². The third kappa shape index (κ3) is 5.16. The second-order valence-electron chi connectivity index (χ2n) is 4.17. The van der Waals surface area contributed by atoms with Crippen molar-refractivity contribution in [3.8, 4) is 0 Å². The number of aromatic amines is 1. The maximum absolute atomic E-state index is 12.0. The number of hydrogen-bond acceptors (Lipinski definition) is 2. The van der Waals surface area contributed by atoms with Crippen LogP contribution >= 0.6 is 0 Å². The molecular formula is C10H16F3N3. The van der Waals surface area contributed by atoms with Crippen molar-refractivity contribution in [3.63, 3.8) is 0 Å². The fourth-order valence-electron chi connectivity index (χ4n) is 1.27. The first kappa shape index (κ1) is 13.0. The molecule has 0 fully saturated rings. The van der Waals surface area contributed by atoms with Crippen molar-refractivity contribution >= 4 is 0 Å². The second kappa shape index (κ2) is 5.34. The molecule has 0 aliphatic carbocycles. The minimum atomic E-state index is -4.21. The highest BCUT2D eigenvalue weighted by Gasteiger charge is 2.29. The number of aromatic nitrogens is 2. The van der Waals surface area contributed by atoms with E-state index in [1.165, 1.54) is 6.20 Å². The third-order valence-corrected chi connectivity index (χ3v) is 1.92. The molecule has 1 aromatic heterocycles. The van der Waals surface area contributed by atoms with Crippen LogP contribution < -0.4 is 5.32 Å². The first-order valence-corrected chi connectivity index (χ1v) is 5.17. The van der Waals surface area contributed by atoms with E-state index in [9.17, 15) is 13.2 Å². The van der Waals surface area contributed by atoms with Crippen molar-refractivity contribution in [2.75, 3.05) is 6.54 Å². The predicted octanol–water partition coefficient (Wildman–Crippen LogP) is 2.26. The zero-order valence-electron chi connectivity index (χ0n) is 9.36. The van der Waals surface area contributed by atoms with Crippen molar-refractivity contribution in [2.24, 2.45) is 5.92 Å². The number of nitrogens with zero attached hydrogens (tertiary/aromatic N) is 1. The van der Waals surface area contributed by atoms with Gasteiger partial charge in [-0.1, -0.05) is 13.8 Å². The summed E-state index contributed by atoms with van der Waals surface area (Å²) in [5, 5.41) is 3.12. The lowest BCUT2D eigenvalue weighted by molar-refractivity contribution is -0.128. The normalized spacial score (nSPS) is 12.4. The van der Waals surface area contributed by atoms with Crippen LogP contribution in [-0.4, -0.2) is 22.7 Å². The van der Waals surface area contributed by atoms with Gasteiger partial charge >= 0.3 is 6.18 Å². The SMILES string of the molecule is CC(C)CNCc1cnc(CC(F)(F)F)[nH]1. The summed E-state index contributed by atoms with van der Waals surface area (Å²) in [5.41, 5.74) is 0.680. The van der Waals surface area contributed by atoms with Gasteiger partial charge in [0.25, 0.3) is 0 Å². The van der Waals surface area contributed by atoms with Crippen LogP contribution in [0.2, 0.25) is 0 Å². The Balaban J connectivity index is 2.40. The van der Waals surface area contributed by atoms with Gasteiger partial charge in [0, 0.05) is 18.4 Å². The Morgan fingerprint density at radius 3 is 2.69 bits per heavy atom. The highest BCUT2D eigenvalue weighted by Crippen LogP contribution is 2.19. The summed E-state index contributed by atoms with van der Waals surface area (Å²) in [4.78, 5) is 6.33. The minimum absolute atomic E-state index is 0.0335. The maximum Gasteiger partial charge on any atom is 0.396 e. The van der Waals surface area contributed by atoms with E-state index in [1.807, 2.05) is 0 Å². The summed E-state index contributed by atoms with van der Waals surface area (Å²) < 4.78 is 36.1. The van der Waals surface area contributed by atoms with Gasteiger partial charge in [0.1, 0.15) is 12.2 Å². The fourth-order valence-corrected chi connectivity index (χ4v) is 1.27. The molecule has 92 valence electrons. The molecule has 3 nitrogen and oxygen atoms in total. The number of imidazole rings is 1. The number of H-pyrrole nitrogens is 1. The van der Waals surface area contributed by atoms with Gasteiger partial charge in [-0.25, -0.2) is 4.98 Å². The number of rotatable bonds is 5. The van der Waals surface area contributed by atoms with Crippen LogP contribution in [0.3, 0.4) is 0 Å². The van der Waals surface area contributed by atoms with Gasteiger partial charge in [0.05, 0.1) is 0 Å². The Kier molecular flexibility index (Phi) is 4.35. The average molecular weight is 235 g/mol. The summed E-state index contributed by atoms with van der Waals surface area (Å²) in [5.74, 6) is 0.478. The monoisotopic (exact) mass is 235 g/mol. The van der Waals surface area contributed by atoms with Gasteiger partial charge in [0.2, 0.25) is 0 Å². The Labute approximate surface area is 92.5 Å². The molecule has 0 spiro atoms. The van der Waals surface area contributed by atoms with Gasteiger partial charge in [-0.05, 0) is 12.5 Å². The van der Waals surface area contributed by atoms with Crippen LogP contribution in [0.15, 0.2) is 6.20 Å². The van der Waals surface area contributed by atoms with Crippen LogP contribution in [0.1, 0.15) is 25.4 Å². The third-order valence-electron chi connectivity index (χ3n) is 1.92. The highest BCUT2D eigenvalue weighted by molar-refractivity contribution is 5.02. The molecule has 1 heterocycles. The molecule has 16 heavy (non-hydrogen) atoms. The highest BCUT2D eigenvalue weighted by atomic mass is 19.4. The smallest absolute Gasteiger partial charge is 0.345 e. The Bertz CT molecular complexity index is 317. The average Bonchev–Trinajstić information content (AvgIpc) is 2.48. The van der Waals surface area contributed by atoms with Crippen molar-refractivity contribution in [1.82, 2.24) is 15.3 Å². The molecule has 0 aliphatic heterocycles. The molecule has 0 atom stereocenters. The van der Waals surface area contributed by atoms with Crippen LogP contribution in [0.25, 0.3) is 0 Å². The van der Waals surface area contributed by atoms with Gasteiger partial charge in [-0.3, -0.25) is 0 Å². The van der Waals surface area contributed by atoms with E-state index in [4.69, 9.17) is 0 Å². The molecular weight excluding hydrogens is 219 g/mol. The molecule has 2 N–H and O–H groups in total. The summed E-state index contributed by atoms with van der Waals surface area (Å²) in [6.07, 6.45) is -3.77. The topological polar surface area (TPSA) is 40.7 Å². The van der Waals surface area contributed by atoms with Crippen molar-refractivity contribution in [1.29, 1.82) is 0 Å². The zero-order chi connectivity index (χ0) is 12.2. The number of hydrogen-bond donors (Lipinski definition) is 2. The first-order chi connectivity index (χ1) is 7.37. The standard InChI is InChI=1S/C10H16F3N3/c1-7(2)4-14-5-8-6-15-9(16-8)3-10(11,12)13/h6-7,14H,3-5H2,1-2H3,(H,15,16). The van der Waals surface area contributed by atoms with Gasteiger partial charge < -0.3 is 10.3 Å². The molecule has 0 saturated carbocycles. The van der Waals surface area contributed by atoms with E-state index in [0.29, 0.717) is 18.2 Å². The summed E-state index contributed by atoms with van der Waals surface area (Å²) in [6.45, 7) is 5.47. The molecule has 1 rings (SSSR count). The lowest BCUT2D eigenvalue weighted by atomic mass is 10.2. The Morgan fingerprint density at radius 2 is 2.12 bits per heavy atom. The largest absolute Gasteiger partial charge is 0.396 e. The molecule has 0 saturated heterocycles. The van der Waals surface area contributed by atoms with Gasteiger partial charge in [-0.2, -0.15) is 13.2 Å². The molecule has 0 unspecified atom stereocenters. The molecule has 0 amide bonds. The van der Waals surface area contributed by atoms with Crippen molar-refractivity contribution < 1.29 is 13.2 Å². The van der Waals surface area contributed by atoms with Crippen LogP contribution in [0.5, 0.6) is 0 Å². The maximum atomic E-state index is 12.0. The Hall–Kier alpha value is -1.04. The molecule has 0 aliphatic rings. The first-order valence-electron chi connectivity index (χ1n) is 5.17. The van der Waals surface area contributed by atoms with E-state index < -0.39 is 12.6 Å². The number of alkyl halides is 3. The molecule has 0 aromatic carbocycles. The van der Waals surface area contributed by atoms with Crippen molar-refractivity contribution in [2.45, 2.75) is 33.0 Å². The van der Waals surface area contributed by atoms with E-state index >= 15 is 0 Å². The van der Waals surface area contributed by atoms with Crippen molar-refractivity contribution in [3.05, 3.63) is 17.7 Å². The fraction of sp³-hybridized carbons (Fsp3) is 0.700. The van der Waals surface area contributed by atoms with Crippen LogP contribution in [0, 0.1) is 5.92 Å². The lowest BCUT2D eigenvalue weighted by Gasteiger charge is -2.05. The van der Waals surface area contributed by atoms with Crippen LogP contribution in [-0.2, 0) is 13.0 Å². The summed E-state index contributed by atoms with van der Waals surface area (Å²) in [7, 11) is 0. The van der Waals surface area contributed by atoms with E-state index in [0.717, 1.165) is 6.54 Å². The zero-order valence-corrected chi connectivity index (χ0v) is 9.36. The van der Waals surface area contributed by atoms with E-state index in [1.54, 1.807) is 0 Å². The molecule has 0 bridgehead atoms. The van der Waals surface area contributed by atoms with E-state index in [2.05, 4.69) is 29.1 Å². The number of halogens is 3. The Morgan fingerprint density at radius 1 is 1.44 bits per heavy atom. The number of nitrogens with one attached hydrogen (secondary N) is 2.